The zero-order chi connectivity index (χ0) is 12.4. The topological polar surface area (TPSA) is 23.5 Å². The van der Waals surface area contributed by atoms with Crippen molar-refractivity contribution in [3.63, 3.8) is 0 Å². The van der Waals surface area contributed by atoms with Crippen LogP contribution in [0.4, 0.5) is 0 Å². The molecule has 0 aromatic heterocycles. The van der Waals surface area contributed by atoms with E-state index in [4.69, 9.17) is 23.2 Å². The highest BCUT2D eigenvalue weighted by molar-refractivity contribution is 7.99. The summed E-state index contributed by atoms with van der Waals surface area (Å²) in [5.74, 6) is 2.03. The van der Waals surface area contributed by atoms with Gasteiger partial charge >= 0.3 is 0 Å². The molecule has 17 heavy (non-hydrogen) atoms. The van der Waals surface area contributed by atoms with E-state index < -0.39 is 6.10 Å². The minimum absolute atomic E-state index is 0.102. The Morgan fingerprint density at radius 1 is 1.47 bits per heavy atom. The van der Waals surface area contributed by atoms with Gasteiger partial charge in [-0.15, -0.1) is 0 Å². The molecule has 5 heteroatoms. The van der Waals surface area contributed by atoms with Crippen molar-refractivity contribution < 1.29 is 5.11 Å². The van der Waals surface area contributed by atoms with Gasteiger partial charge in [-0.3, -0.25) is 4.90 Å². The Hall–Kier alpha value is 0.0700. The highest BCUT2D eigenvalue weighted by Crippen LogP contribution is 2.34. The standard InChI is InChI=1S/C12H15Cl2NOS/c1-15-5-6-17-7-10(15)12(16)8-3-2-4-9(13)11(8)14/h2-4,10,12,16H,5-7H2,1H3. The molecule has 2 nitrogen and oxygen atoms in total. The van der Waals surface area contributed by atoms with E-state index >= 15 is 0 Å². The number of hydrogen-bond donors (Lipinski definition) is 1. The fourth-order valence-electron chi connectivity index (χ4n) is 1.99. The third-order valence-electron chi connectivity index (χ3n) is 3.11. The van der Waals surface area contributed by atoms with Crippen LogP contribution in [-0.2, 0) is 0 Å². The summed E-state index contributed by atoms with van der Waals surface area (Å²) in [4.78, 5) is 2.18. The van der Waals surface area contributed by atoms with Gasteiger partial charge in [0.2, 0.25) is 0 Å². The van der Waals surface area contributed by atoms with Crippen LogP contribution in [0.5, 0.6) is 0 Å². The highest BCUT2D eigenvalue weighted by atomic mass is 35.5. The van der Waals surface area contributed by atoms with Gasteiger partial charge in [-0.05, 0) is 13.1 Å². The monoisotopic (exact) mass is 291 g/mol. The quantitative estimate of drug-likeness (QED) is 0.906. The minimum atomic E-state index is -0.584. The lowest BCUT2D eigenvalue weighted by Gasteiger charge is -2.35. The van der Waals surface area contributed by atoms with E-state index in [1.54, 1.807) is 6.07 Å². The number of aliphatic hydroxyl groups is 1. The molecule has 0 saturated carbocycles. The molecule has 1 N–H and O–H groups in total. The van der Waals surface area contributed by atoms with Crippen molar-refractivity contribution in [1.82, 2.24) is 4.90 Å². The number of halogens is 2. The van der Waals surface area contributed by atoms with Crippen LogP contribution in [0.15, 0.2) is 18.2 Å². The first-order valence-corrected chi connectivity index (χ1v) is 7.42. The maximum atomic E-state index is 10.4. The molecule has 1 saturated heterocycles. The van der Waals surface area contributed by atoms with E-state index in [-0.39, 0.29) is 6.04 Å². The van der Waals surface area contributed by atoms with Crippen LogP contribution in [0.25, 0.3) is 0 Å². The summed E-state index contributed by atoms with van der Waals surface area (Å²) in [6.07, 6.45) is -0.584. The Morgan fingerprint density at radius 2 is 2.24 bits per heavy atom. The van der Waals surface area contributed by atoms with Crippen LogP contribution in [0.1, 0.15) is 11.7 Å². The van der Waals surface area contributed by atoms with E-state index in [9.17, 15) is 5.11 Å². The summed E-state index contributed by atoms with van der Waals surface area (Å²) in [5, 5.41) is 11.4. The molecule has 0 radical (unpaired) electrons. The first-order valence-electron chi connectivity index (χ1n) is 5.51. The number of thioether (sulfide) groups is 1. The largest absolute Gasteiger partial charge is 0.387 e. The van der Waals surface area contributed by atoms with Crippen LogP contribution in [-0.4, -0.2) is 41.1 Å². The van der Waals surface area contributed by atoms with Gasteiger partial charge in [0.05, 0.1) is 16.1 Å². The molecule has 1 aliphatic rings. The fourth-order valence-corrected chi connectivity index (χ4v) is 3.68. The van der Waals surface area contributed by atoms with Gasteiger partial charge in [0.25, 0.3) is 0 Å². The van der Waals surface area contributed by atoms with Crippen molar-refractivity contribution in [2.75, 3.05) is 25.1 Å². The molecule has 1 aromatic carbocycles. The first kappa shape index (κ1) is 13.5. The van der Waals surface area contributed by atoms with Crippen molar-refractivity contribution in [2.45, 2.75) is 12.1 Å². The number of hydrogen-bond acceptors (Lipinski definition) is 3. The third-order valence-corrected chi connectivity index (χ3v) is 4.99. The van der Waals surface area contributed by atoms with Crippen molar-refractivity contribution in [3.8, 4) is 0 Å². The van der Waals surface area contributed by atoms with Gasteiger partial charge < -0.3 is 5.11 Å². The van der Waals surface area contributed by atoms with Gasteiger partial charge in [-0.2, -0.15) is 11.8 Å². The zero-order valence-electron chi connectivity index (χ0n) is 9.57. The number of likely N-dealkylation sites (N-methyl/N-ethyl adjacent to an activating group) is 1. The van der Waals surface area contributed by atoms with Crippen LogP contribution >= 0.6 is 35.0 Å². The maximum absolute atomic E-state index is 10.4. The summed E-state index contributed by atoms with van der Waals surface area (Å²) in [6.45, 7) is 0.991. The normalized spacial score (nSPS) is 23.6. The predicted molar refractivity (Wildman–Crippen MR) is 75.2 cm³/mol. The van der Waals surface area contributed by atoms with Crippen molar-refractivity contribution in [2.24, 2.45) is 0 Å². The summed E-state index contributed by atoms with van der Waals surface area (Å²) in [7, 11) is 2.03. The highest BCUT2D eigenvalue weighted by Gasteiger charge is 2.29. The minimum Gasteiger partial charge on any atom is -0.387 e. The molecule has 2 rings (SSSR count). The second-order valence-corrected chi connectivity index (χ2v) is 6.15. The average molecular weight is 292 g/mol. The molecule has 1 heterocycles. The Morgan fingerprint density at radius 3 is 2.94 bits per heavy atom. The second-order valence-electron chi connectivity index (χ2n) is 4.21. The second kappa shape index (κ2) is 5.81. The maximum Gasteiger partial charge on any atom is 0.0967 e. The molecule has 2 unspecified atom stereocenters. The molecule has 0 aliphatic carbocycles. The Kier molecular flexibility index (Phi) is 4.61. The zero-order valence-corrected chi connectivity index (χ0v) is 11.9. The first-order chi connectivity index (χ1) is 8.11. The Labute approximate surface area is 116 Å². The van der Waals surface area contributed by atoms with Crippen molar-refractivity contribution in [1.29, 1.82) is 0 Å². The fraction of sp³-hybridized carbons (Fsp3) is 0.500. The lowest BCUT2D eigenvalue weighted by molar-refractivity contribution is 0.0759. The lowest BCUT2D eigenvalue weighted by atomic mass is 10.0. The van der Waals surface area contributed by atoms with Crippen LogP contribution in [0.3, 0.4) is 0 Å². The van der Waals surface area contributed by atoms with E-state index in [0.29, 0.717) is 10.0 Å². The summed E-state index contributed by atoms with van der Waals surface area (Å²) < 4.78 is 0. The molecule has 0 bridgehead atoms. The SMILES string of the molecule is CN1CCSCC1C(O)c1cccc(Cl)c1Cl. The number of aliphatic hydroxyl groups excluding tert-OH is 1. The van der Waals surface area contributed by atoms with E-state index in [1.165, 1.54) is 0 Å². The molecular formula is C12H15Cl2NOS. The summed E-state index contributed by atoms with van der Waals surface area (Å²) in [5.41, 5.74) is 0.721. The predicted octanol–water partition coefficient (Wildman–Crippen LogP) is 3.07. The van der Waals surface area contributed by atoms with E-state index in [2.05, 4.69) is 4.90 Å². The smallest absolute Gasteiger partial charge is 0.0967 e. The van der Waals surface area contributed by atoms with Gasteiger partial charge in [-0.25, -0.2) is 0 Å². The number of benzene rings is 1. The molecule has 1 fully saturated rings. The molecule has 94 valence electrons. The molecule has 1 aliphatic heterocycles. The van der Waals surface area contributed by atoms with Crippen molar-refractivity contribution >= 4 is 35.0 Å². The molecular weight excluding hydrogens is 277 g/mol. The van der Waals surface area contributed by atoms with E-state index in [1.807, 2.05) is 30.9 Å². The average Bonchev–Trinajstić information content (AvgIpc) is 2.32. The Bertz CT molecular complexity index is 402. The summed E-state index contributed by atoms with van der Waals surface area (Å²) in [6, 6.07) is 5.50. The molecule has 0 spiro atoms. The third kappa shape index (κ3) is 2.91. The Balaban J connectivity index is 2.23. The van der Waals surface area contributed by atoms with E-state index in [0.717, 1.165) is 23.6 Å². The van der Waals surface area contributed by atoms with Crippen LogP contribution < -0.4 is 0 Å². The molecule has 1 aromatic rings. The molecule has 2 atom stereocenters. The number of rotatable bonds is 2. The van der Waals surface area contributed by atoms with Gasteiger partial charge in [-0.1, -0.05) is 35.3 Å². The lowest BCUT2D eigenvalue weighted by Crippen LogP contribution is -2.43. The van der Waals surface area contributed by atoms with Crippen LogP contribution in [0, 0.1) is 0 Å². The summed E-state index contributed by atoms with van der Waals surface area (Å²) >= 11 is 14.0. The van der Waals surface area contributed by atoms with Gasteiger partial charge in [0.1, 0.15) is 0 Å². The molecule has 0 amide bonds. The van der Waals surface area contributed by atoms with Crippen LogP contribution in [0.2, 0.25) is 10.0 Å². The van der Waals surface area contributed by atoms with Crippen molar-refractivity contribution in [3.05, 3.63) is 33.8 Å². The van der Waals surface area contributed by atoms with Gasteiger partial charge in [0.15, 0.2) is 0 Å². The van der Waals surface area contributed by atoms with Gasteiger partial charge in [0, 0.05) is 29.7 Å². The number of nitrogens with zero attached hydrogens (tertiary/aromatic N) is 1.